The molecule has 1 unspecified atom stereocenters. The highest BCUT2D eigenvalue weighted by atomic mass is 31.1. The zero-order valence-corrected chi connectivity index (χ0v) is 8.79. The van der Waals surface area contributed by atoms with Gasteiger partial charge in [0.05, 0.1) is 7.11 Å². The fourth-order valence-corrected chi connectivity index (χ4v) is 2.22. The predicted molar refractivity (Wildman–Crippen MR) is 56.1 cm³/mol. The summed E-state index contributed by atoms with van der Waals surface area (Å²) in [6.45, 7) is 4.45. The third kappa shape index (κ3) is 2.49. The van der Waals surface area contributed by atoms with E-state index in [1.165, 1.54) is 5.30 Å². The molecule has 1 rings (SSSR count). The molecule has 0 saturated carbocycles. The van der Waals surface area contributed by atoms with Crippen molar-refractivity contribution in [1.29, 1.82) is 0 Å². The fraction of sp³-hybridized carbons (Fsp3) is 0.400. The minimum atomic E-state index is 0.710. The zero-order valence-electron chi connectivity index (χ0n) is 7.79. The highest BCUT2D eigenvalue weighted by Gasteiger charge is 2.02. The van der Waals surface area contributed by atoms with E-state index in [9.17, 15) is 0 Å². The van der Waals surface area contributed by atoms with Crippen LogP contribution in [-0.2, 0) is 0 Å². The van der Waals surface area contributed by atoms with Crippen molar-refractivity contribution >= 4 is 13.9 Å². The summed E-state index contributed by atoms with van der Waals surface area (Å²) in [5.74, 6) is 1.02. The molecule has 1 nitrogen and oxygen atoms in total. The van der Waals surface area contributed by atoms with Gasteiger partial charge in [-0.3, -0.25) is 0 Å². The Labute approximate surface area is 75.9 Å². The summed E-state index contributed by atoms with van der Waals surface area (Å²) in [5, 5.41) is 1.33. The first-order valence-electron chi connectivity index (χ1n) is 4.13. The largest absolute Gasteiger partial charge is 0.496 e. The topological polar surface area (TPSA) is 9.23 Å². The lowest BCUT2D eigenvalue weighted by Gasteiger charge is -2.09. The molecule has 12 heavy (non-hydrogen) atoms. The van der Waals surface area contributed by atoms with E-state index in [2.05, 4.69) is 26.0 Å². The third-order valence-corrected chi connectivity index (χ3v) is 2.85. The Balaban J connectivity index is 2.82. The summed E-state index contributed by atoms with van der Waals surface area (Å²) < 4.78 is 5.25. The van der Waals surface area contributed by atoms with Crippen LogP contribution in [0.2, 0.25) is 0 Å². The van der Waals surface area contributed by atoms with Crippen LogP contribution in [0.3, 0.4) is 0 Å². The van der Waals surface area contributed by atoms with E-state index >= 15 is 0 Å². The van der Waals surface area contributed by atoms with Crippen LogP contribution >= 0.6 is 8.58 Å². The molecule has 0 fully saturated rings. The van der Waals surface area contributed by atoms with Crippen LogP contribution in [0.1, 0.15) is 13.8 Å². The highest BCUT2D eigenvalue weighted by molar-refractivity contribution is 7.48. The SMILES string of the molecule is COc1ccccc1PC(C)C. The van der Waals surface area contributed by atoms with Crippen molar-refractivity contribution in [3.05, 3.63) is 24.3 Å². The van der Waals surface area contributed by atoms with Crippen LogP contribution in [-0.4, -0.2) is 12.8 Å². The third-order valence-electron chi connectivity index (χ3n) is 1.55. The van der Waals surface area contributed by atoms with Crippen molar-refractivity contribution in [1.82, 2.24) is 0 Å². The number of methoxy groups -OCH3 is 1. The number of rotatable bonds is 3. The number of para-hydroxylation sites is 1. The van der Waals surface area contributed by atoms with E-state index in [4.69, 9.17) is 4.74 Å². The lowest BCUT2D eigenvalue weighted by atomic mass is 10.3. The van der Waals surface area contributed by atoms with Crippen LogP contribution in [0, 0.1) is 0 Å². The van der Waals surface area contributed by atoms with Gasteiger partial charge in [-0.05, 0) is 11.7 Å². The summed E-state index contributed by atoms with van der Waals surface area (Å²) in [6.07, 6.45) is 0. The maximum Gasteiger partial charge on any atom is 0.126 e. The van der Waals surface area contributed by atoms with E-state index < -0.39 is 0 Å². The number of hydrogen-bond acceptors (Lipinski definition) is 1. The molecule has 0 bridgehead atoms. The molecule has 0 saturated heterocycles. The van der Waals surface area contributed by atoms with E-state index in [1.807, 2.05) is 12.1 Å². The molecule has 1 aromatic rings. The molecule has 0 aromatic heterocycles. The lowest BCUT2D eigenvalue weighted by Crippen LogP contribution is -2.03. The van der Waals surface area contributed by atoms with Gasteiger partial charge >= 0.3 is 0 Å². The molecule has 0 N–H and O–H groups in total. The van der Waals surface area contributed by atoms with Crippen LogP contribution in [0.5, 0.6) is 5.75 Å². The van der Waals surface area contributed by atoms with Crippen LogP contribution < -0.4 is 10.0 Å². The number of ether oxygens (including phenoxy) is 1. The van der Waals surface area contributed by atoms with Gasteiger partial charge in [-0.15, -0.1) is 0 Å². The summed E-state index contributed by atoms with van der Waals surface area (Å²) >= 11 is 0. The van der Waals surface area contributed by atoms with E-state index in [-0.39, 0.29) is 0 Å². The lowest BCUT2D eigenvalue weighted by molar-refractivity contribution is 0.418. The van der Waals surface area contributed by atoms with E-state index in [1.54, 1.807) is 7.11 Å². The van der Waals surface area contributed by atoms with Gasteiger partial charge in [0.1, 0.15) is 5.75 Å². The maximum absolute atomic E-state index is 5.25. The second-order valence-corrected chi connectivity index (χ2v) is 4.98. The number of hydrogen-bond donors (Lipinski definition) is 0. The van der Waals surface area contributed by atoms with Crippen molar-refractivity contribution < 1.29 is 4.74 Å². The van der Waals surface area contributed by atoms with Crippen molar-refractivity contribution in [3.8, 4) is 5.75 Å². The minimum Gasteiger partial charge on any atom is -0.496 e. The van der Waals surface area contributed by atoms with Crippen molar-refractivity contribution in [2.24, 2.45) is 0 Å². The normalized spacial score (nSPS) is 11.3. The molecule has 66 valence electrons. The molecule has 0 radical (unpaired) electrons. The first-order chi connectivity index (χ1) is 5.74. The smallest absolute Gasteiger partial charge is 0.126 e. The Morgan fingerprint density at radius 3 is 2.50 bits per heavy atom. The summed E-state index contributed by atoms with van der Waals surface area (Å²) in [7, 11) is 2.57. The molecular weight excluding hydrogens is 167 g/mol. The van der Waals surface area contributed by atoms with Gasteiger partial charge in [-0.2, -0.15) is 0 Å². The number of benzene rings is 1. The first kappa shape index (κ1) is 9.54. The summed E-state index contributed by atoms with van der Waals surface area (Å²) in [4.78, 5) is 0. The zero-order chi connectivity index (χ0) is 8.97. The Morgan fingerprint density at radius 1 is 1.25 bits per heavy atom. The van der Waals surface area contributed by atoms with E-state index in [0.717, 1.165) is 14.3 Å². The van der Waals surface area contributed by atoms with E-state index in [0.29, 0.717) is 5.66 Å². The monoisotopic (exact) mass is 182 g/mol. The van der Waals surface area contributed by atoms with Crippen LogP contribution in [0.25, 0.3) is 0 Å². The van der Waals surface area contributed by atoms with Gasteiger partial charge in [0.15, 0.2) is 0 Å². The summed E-state index contributed by atoms with van der Waals surface area (Å²) in [5.41, 5.74) is 0.710. The quantitative estimate of drug-likeness (QED) is 0.652. The molecule has 1 aromatic carbocycles. The van der Waals surface area contributed by atoms with Crippen LogP contribution in [0.4, 0.5) is 0 Å². The first-order valence-corrected chi connectivity index (χ1v) is 5.21. The molecule has 0 amide bonds. The van der Waals surface area contributed by atoms with Gasteiger partial charge in [0.2, 0.25) is 0 Å². The van der Waals surface area contributed by atoms with Gasteiger partial charge in [-0.1, -0.05) is 40.6 Å². The molecule has 2 heteroatoms. The average molecular weight is 182 g/mol. The molecule has 0 aliphatic carbocycles. The van der Waals surface area contributed by atoms with Crippen LogP contribution in [0.15, 0.2) is 24.3 Å². The Kier molecular flexibility index (Phi) is 3.55. The predicted octanol–water partition coefficient (Wildman–Crippen LogP) is 2.41. The van der Waals surface area contributed by atoms with Crippen molar-refractivity contribution in [2.75, 3.05) is 7.11 Å². The second-order valence-electron chi connectivity index (χ2n) is 3.00. The fourth-order valence-electron chi connectivity index (χ4n) is 1.07. The van der Waals surface area contributed by atoms with Gasteiger partial charge in [0.25, 0.3) is 0 Å². The standard InChI is InChI=1S/C10H15OP/c1-8(2)12-10-7-5-4-6-9(10)11-3/h4-8,12H,1-3H3. The highest BCUT2D eigenvalue weighted by Crippen LogP contribution is 2.23. The van der Waals surface area contributed by atoms with Gasteiger partial charge in [0, 0.05) is 5.30 Å². The molecule has 1 atom stereocenters. The molecule has 0 aliphatic heterocycles. The molecule has 0 heterocycles. The Bertz CT molecular complexity index is 245. The Morgan fingerprint density at radius 2 is 1.92 bits per heavy atom. The van der Waals surface area contributed by atoms with Crippen molar-refractivity contribution in [3.63, 3.8) is 0 Å². The molecule has 0 aliphatic rings. The minimum absolute atomic E-state index is 0.710. The van der Waals surface area contributed by atoms with Crippen molar-refractivity contribution in [2.45, 2.75) is 19.5 Å². The Hall–Kier alpha value is -0.550. The summed E-state index contributed by atoms with van der Waals surface area (Å²) in [6, 6.07) is 8.22. The molecule has 0 spiro atoms. The maximum atomic E-state index is 5.25. The average Bonchev–Trinajstić information content (AvgIpc) is 2.04. The molecular formula is C10H15OP. The van der Waals surface area contributed by atoms with Gasteiger partial charge in [-0.25, -0.2) is 0 Å². The van der Waals surface area contributed by atoms with Gasteiger partial charge < -0.3 is 4.74 Å². The second kappa shape index (κ2) is 4.47.